The molecule has 0 saturated heterocycles. The van der Waals surface area contributed by atoms with Crippen molar-refractivity contribution < 1.29 is 9.47 Å². The average Bonchev–Trinajstić information content (AvgIpc) is 2.41. The zero-order chi connectivity index (χ0) is 14.4. The molecule has 2 aromatic rings. The van der Waals surface area contributed by atoms with Crippen molar-refractivity contribution in [2.75, 3.05) is 13.2 Å². The van der Waals surface area contributed by atoms with Crippen molar-refractivity contribution in [3.05, 3.63) is 58.0 Å². The van der Waals surface area contributed by atoms with Gasteiger partial charge in [-0.1, -0.05) is 12.1 Å². The molecule has 0 aliphatic heterocycles. The van der Waals surface area contributed by atoms with E-state index in [0.29, 0.717) is 19.0 Å². The second-order valence-corrected chi connectivity index (χ2v) is 4.66. The lowest BCUT2D eigenvalue weighted by Gasteiger charge is -2.09. The summed E-state index contributed by atoms with van der Waals surface area (Å²) in [4.78, 5) is 14.5. The van der Waals surface area contributed by atoms with Crippen molar-refractivity contribution >= 4 is 0 Å². The Labute approximate surface area is 118 Å². The highest BCUT2D eigenvalue weighted by Crippen LogP contribution is 2.12. The van der Waals surface area contributed by atoms with Gasteiger partial charge in [-0.15, -0.1) is 0 Å². The van der Waals surface area contributed by atoms with Crippen LogP contribution in [0.5, 0.6) is 11.5 Å². The van der Waals surface area contributed by atoms with Crippen LogP contribution in [0.4, 0.5) is 0 Å². The summed E-state index contributed by atoms with van der Waals surface area (Å²) >= 11 is 0. The molecule has 0 fully saturated rings. The fraction of sp³-hybridized carbons (Fsp3) is 0.312. The molecule has 0 spiro atoms. The van der Waals surface area contributed by atoms with Crippen LogP contribution in [-0.4, -0.2) is 18.2 Å². The predicted octanol–water partition coefficient (Wildman–Crippen LogP) is 2.84. The van der Waals surface area contributed by atoms with Crippen LogP contribution in [0.2, 0.25) is 0 Å². The third-order valence-corrected chi connectivity index (χ3v) is 2.89. The average molecular weight is 273 g/mol. The SMILES string of the molecule is Cc1cccc(OCCCOc2c(C)[nH]ccc2=O)c1. The second kappa shape index (κ2) is 6.80. The molecule has 0 saturated carbocycles. The van der Waals surface area contributed by atoms with E-state index in [0.717, 1.165) is 17.9 Å². The molecule has 2 rings (SSSR count). The minimum atomic E-state index is -0.0964. The molecule has 0 aliphatic carbocycles. The molecule has 106 valence electrons. The predicted molar refractivity (Wildman–Crippen MR) is 78.6 cm³/mol. The Bertz CT molecular complexity index is 619. The van der Waals surface area contributed by atoms with Crippen LogP contribution < -0.4 is 14.9 Å². The summed E-state index contributed by atoms with van der Waals surface area (Å²) in [6.45, 7) is 4.87. The third-order valence-electron chi connectivity index (χ3n) is 2.89. The zero-order valence-corrected chi connectivity index (χ0v) is 11.8. The number of aryl methyl sites for hydroxylation is 2. The van der Waals surface area contributed by atoms with Gasteiger partial charge in [0.05, 0.1) is 18.9 Å². The molecular formula is C16H19NO3. The molecular weight excluding hydrogens is 254 g/mol. The number of hydrogen-bond acceptors (Lipinski definition) is 3. The maximum atomic E-state index is 11.6. The van der Waals surface area contributed by atoms with Gasteiger partial charge >= 0.3 is 0 Å². The maximum Gasteiger partial charge on any atom is 0.223 e. The van der Waals surface area contributed by atoms with E-state index in [4.69, 9.17) is 9.47 Å². The molecule has 0 unspecified atom stereocenters. The van der Waals surface area contributed by atoms with Gasteiger partial charge in [0, 0.05) is 18.7 Å². The van der Waals surface area contributed by atoms with Crippen LogP contribution in [0.1, 0.15) is 17.7 Å². The minimum Gasteiger partial charge on any atom is -0.493 e. The summed E-state index contributed by atoms with van der Waals surface area (Å²) < 4.78 is 11.1. The van der Waals surface area contributed by atoms with E-state index in [-0.39, 0.29) is 5.43 Å². The molecule has 4 heteroatoms. The second-order valence-electron chi connectivity index (χ2n) is 4.66. The van der Waals surface area contributed by atoms with E-state index >= 15 is 0 Å². The number of aromatic nitrogens is 1. The number of H-pyrrole nitrogens is 1. The van der Waals surface area contributed by atoms with E-state index < -0.39 is 0 Å². The summed E-state index contributed by atoms with van der Waals surface area (Å²) in [6, 6.07) is 9.38. The first kappa shape index (κ1) is 14.2. The Hall–Kier alpha value is -2.23. The Kier molecular flexibility index (Phi) is 4.82. The van der Waals surface area contributed by atoms with E-state index in [1.54, 1.807) is 6.20 Å². The van der Waals surface area contributed by atoms with Crippen molar-refractivity contribution in [3.8, 4) is 11.5 Å². The fourth-order valence-electron chi connectivity index (χ4n) is 1.88. The van der Waals surface area contributed by atoms with Gasteiger partial charge in [-0.05, 0) is 31.5 Å². The Morgan fingerprint density at radius 1 is 1.10 bits per heavy atom. The lowest BCUT2D eigenvalue weighted by molar-refractivity contribution is 0.244. The number of ether oxygens (including phenoxy) is 2. The quantitative estimate of drug-likeness (QED) is 0.823. The monoisotopic (exact) mass is 273 g/mol. The van der Waals surface area contributed by atoms with Crippen LogP contribution in [0.25, 0.3) is 0 Å². The van der Waals surface area contributed by atoms with Crippen molar-refractivity contribution in [2.24, 2.45) is 0 Å². The zero-order valence-electron chi connectivity index (χ0n) is 11.8. The molecule has 4 nitrogen and oxygen atoms in total. The number of nitrogens with one attached hydrogen (secondary N) is 1. The van der Waals surface area contributed by atoms with Gasteiger partial charge in [0.1, 0.15) is 5.75 Å². The Morgan fingerprint density at radius 2 is 1.90 bits per heavy atom. The molecule has 0 atom stereocenters. The molecule has 0 bridgehead atoms. The van der Waals surface area contributed by atoms with Gasteiger partial charge < -0.3 is 14.5 Å². The van der Waals surface area contributed by atoms with Gasteiger partial charge in [0.2, 0.25) is 5.43 Å². The number of rotatable bonds is 6. The van der Waals surface area contributed by atoms with Crippen LogP contribution in [-0.2, 0) is 0 Å². The summed E-state index contributed by atoms with van der Waals surface area (Å²) in [5, 5.41) is 0. The number of hydrogen-bond donors (Lipinski definition) is 1. The highest BCUT2D eigenvalue weighted by molar-refractivity contribution is 5.27. The van der Waals surface area contributed by atoms with Gasteiger partial charge in [0.25, 0.3) is 0 Å². The van der Waals surface area contributed by atoms with Gasteiger partial charge in [-0.2, -0.15) is 0 Å². The molecule has 20 heavy (non-hydrogen) atoms. The van der Waals surface area contributed by atoms with Crippen molar-refractivity contribution in [1.82, 2.24) is 4.98 Å². The van der Waals surface area contributed by atoms with Crippen molar-refractivity contribution in [1.29, 1.82) is 0 Å². The lowest BCUT2D eigenvalue weighted by atomic mass is 10.2. The first-order valence-corrected chi connectivity index (χ1v) is 6.67. The molecule has 1 aromatic carbocycles. The molecule has 0 aliphatic rings. The molecule has 1 aromatic heterocycles. The maximum absolute atomic E-state index is 11.6. The highest BCUT2D eigenvalue weighted by atomic mass is 16.5. The largest absolute Gasteiger partial charge is 0.493 e. The first-order valence-electron chi connectivity index (χ1n) is 6.67. The number of benzene rings is 1. The third kappa shape index (κ3) is 3.88. The van der Waals surface area contributed by atoms with Crippen molar-refractivity contribution in [2.45, 2.75) is 20.3 Å². The van der Waals surface area contributed by atoms with Crippen LogP contribution in [0, 0.1) is 13.8 Å². The number of pyridine rings is 1. The van der Waals surface area contributed by atoms with Gasteiger partial charge in [-0.3, -0.25) is 4.79 Å². The first-order chi connectivity index (χ1) is 9.66. The van der Waals surface area contributed by atoms with Crippen LogP contribution in [0.3, 0.4) is 0 Å². The van der Waals surface area contributed by atoms with Gasteiger partial charge in [0.15, 0.2) is 5.75 Å². The summed E-state index contributed by atoms with van der Waals surface area (Å²) in [6.07, 6.45) is 2.34. The van der Waals surface area contributed by atoms with Crippen molar-refractivity contribution in [3.63, 3.8) is 0 Å². The molecule has 1 N–H and O–H groups in total. The highest BCUT2D eigenvalue weighted by Gasteiger charge is 2.03. The minimum absolute atomic E-state index is 0.0964. The fourth-order valence-corrected chi connectivity index (χ4v) is 1.88. The Morgan fingerprint density at radius 3 is 2.65 bits per heavy atom. The van der Waals surface area contributed by atoms with Crippen LogP contribution in [0.15, 0.2) is 41.3 Å². The normalized spacial score (nSPS) is 10.3. The lowest BCUT2D eigenvalue weighted by Crippen LogP contribution is -2.12. The molecule has 0 radical (unpaired) electrons. The van der Waals surface area contributed by atoms with E-state index in [9.17, 15) is 4.79 Å². The van der Waals surface area contributed by atoms with E-state index in [1.807, 2.05) is 38.1 Å². The smallest absolute Gasteiger partial charge is 0.223 e. The van der Waals surface area contributed by atoms with Gasteiger partial charge in [-0.25, -0.2) is 0 Å². The standard InChI is InChI=1S/C16H19NO3/c1-12-5-3-6-14(11-12)19-9-4-10-20-16-13(2)17-8-7-15(16)18/h3,5-8,11H,4,9-10H2,1-2H3,(H,17,18). The summed E-state index contributed by atoms with van der Waals surface area (Å²) in [7, 11) is 0. The molecule has 1 heterocycles. The summed E-state index contributed by atoms with van der Waals surface area (Å²) in [5.41, 5.74) is 1.82. The number of aromatic amines is 1. The molecule has 0 amide bonds. The summed E-state index contributed by atoms with van der Waals surface area (Å²) in [5.74, 6) is 1.25. The van der Waals surface area contributed by atoms with E-state index in [2.05, 4.69) is 4.98 Å². The van der Waals surface area contributed by atoms with Crippen LogP contribution >= 0.6 is 0 Å². The van der Waals surface area contributed by atoms with E-state index in [1.165, 1.54) is 11.6 Å². The topological polar surface area (TPSA) is 51.3 Å². The Balaban J connectivity index is 1.76.